The van der Waals surface area contributed by atoms with E-state index in [1.54, 1.807) is 26.0 Å². The molecule has 1 saturated heterocycles. The molecule has 1 aliphatic heterocycles. The van der Waals surface area contributed by atoms with Crippen molar-refractivity contribution in [2.24, 2.45) is 5.92 Å². The number of methoxy groups -OCH3 is 2. The third-order valence-corrected chi connectivity index (χ3v) is 6.40. The summed E-state index contributed by atoms with van der Waals surface area (Å²) in [6, 6.07) is 7.69. The molecule has 3 unspecified atom stereocenters. The van der Waals surface area contributed by atoms with Crippen molar-refractivity contribution in [3.05, 3.63) is 34.7 Å². The first-order valence-corrected chi connectivity index (χ1v) is 10.1. The molecule has 3 atom stereocenters. The van der Waals surface area contributed by atoms with Gasteiger partial charge >= 0.3 is 0 Å². The number of hydrogen-bond donors (Lipinski definition) is 2. The summed E-state index contributed by atoms with van der Waals surface area (Å²) in [5, 5.41) is 6.32. The topological polar surface area (TPSA) is 76.7 Å². The van der Waals surface area contributed by atoms with Crippen LogP contribution in [0.3, 0.4) is 0 Å². The average molecular weight is 391 g/mol. The molecule has 0 aromatic heterocycles. The van der Waals surface area contributed by atoms with E-state index >= 15 is 0 Å². The Kier molecular flexibility index (Phi) is 6.79. The lowest BCUT2D eigenvalue weighted by Gasteiger charge is -2.39. The van der Waals surface area contributed by atoms with Crippen molar-refractivity contribution < 1.29 is 19.1 Å². The minimum atomic E-state index is -0.0653. The Balaban J connectivity index is 1.62. The summed E-state index contributed by atoms with van der Waals surface area (Å²) in [6.07, 6.45) is 4.35. The highest BCUT2D eigenvalue weighted by Crippen LogP contribution is 2.40. The lowest BCUT2D eigenvalue weighted by Crippen LogP contribution is -2.51. The van der Waals surface area contributed by atoms with Crippen LogP contribution in [0.4, 0.5) is 0 Å². The molecule has 1 heterocycles. The largest absolute Gasteiger partial charge is 0.497 e. The van der Waals surface area contributed by atoms with Crippen LogP contribution in [0.25, 0.3) is 6.08 Å². The van der Waals surface area contributed by atoms with Crippen LogP contribution >= 0.6 is 11.8 Å². The monoisotopic (exact) mass is 390 g/mol. The second-order valence-electron chi connectivity index (χ2n) is 6.82. The van der Waals surface area contributed by atoms with Crippen LogP contribution in [-0.2, 0) is 14.3 Å². The van der Waals surface area contributed by atoms with Gasteiger partial charge < -0.3 is 20.1 Å². The summed E-state index contributed by atoms with van der Waals surface area (Å²) in [7, 11) is 3.24. The summed E-state index contributed by atoms with van der Waals surface area (Å²) in [6.45, 7) is 1.03. The van der Waals surface area contributed by atoms with Gasteiger partial charge in [0, 0.05) is 30.9 Å². The molecule has 3 rings (SSSR count). The zero-order chi connectivity index (χ0) is 19.2. The second kappa shape index (κ2) is 9.28. The fraction of sp³-hybridized carbons (Fsp3) is 0.500. The number of thioether (sulfide) groups is 1. The molecular formula is C20H26N2O4S. The molecule has 2 amide bonds. The lowest BCUT2D eigenvalue weighted by atomic mass is 9.84. The Morgan fingerprint density at radius 3 is 3.00 bits per heavy atom. The highest BCUT2D eigenvalue weighted by Gasteiger charge is 2.39. The van der Waals surface area contributed by atoms with Gasteiger partial charge in [-0.05, 0) is 43.0 Å². The predicted molar refractivity (Wildman–Crippen MR) is 107 cm³/mol. The average Bonchev–Trinajstić information content (AvgIpc) is 2.68. The Morgan fingerprint density at radius 2 is 2.22 bits per heavy atom. The van der Waals surface area contributed by atoms with Crippen molar-refractivity contribution in [1.82, 2.24) is 10.6 Å². The summed E-state index contributed by atoms with van der Waals surface area (Å²) >= 11 is 1.62. The van der Waals surface area contributed by atoms with Gasteiger partial charge in [0.2, 0.25) is 5.91 Å². The third kappa shape index (κ3) is 5.05. The SMILES string of the molecule is COCCNC(=O)C1CCC2S/C(=C/c3cccc(OC)c3)C(=O)NC2C1. The summed E-state index contributed by atoms with van der Waals surface area (Å²) in [4.78, 5) is 25.5. The minimum Gasteiger partial charge on any atom is -0.497 e. The van der Waals surface area contributed by atoms with Crippen LogP contribution in [-0.4, -0.2) is 50.5 Å². The fourth-order valence-electron chi connectivity index (χ4n) is 3.53. The van der Waals surface area contributed by atoms with Crippen molar-refractivity contribution >= 4 is 29.7 Å². The van der Waals surface area contributed by atoms with Crippen molar-refractivity contribution in [3.63, 3.8) is 0 Å². The third-order valence-electron chi connectivity index (χ3n) is 4.97. The van der Waals surface area contributed by atoms with E-state index in [0.29, 0.717) is 29.7 Å². The Hall–Kier alpha value is -1.99. The van der Waals surface area contributed by atoms with Gasteiger partial charge in [-0.25, -0.2) is 0 Å². The molecular weight excluding hydrogens is 364 g/mol. The number of amides is 2. The number of carbonyl (C=O) groups excluding carboxylic acids is 2. The van der Waals surface area contributed by atoms with Gasteiger partial charge in [0.15, 0.2) is 0 Å². The highest BCUT2D eigenvalue weighted by atomic mass is 32.2. The molecule has 2 N–H and O–H groups in total. The quantitative estimate of drug-likeness (QED) is 0.575. The van der Waals surface area contributed by atoms with Crippen molar-refractivity contribution in [2.45, 2.75) is 30.6 Å². The smallest absolute Gasteiger partial charge is 0.257 e. The highest BCUT2D eigenvalue weighted by molar-refractivity contribution is 8.04. The molecule has 1 aromatic carbocycles. The van der Waals surface area contributed by atoms with Crippen LogP contribution in [0.15, 0.2) is 29.2 Å². The maximum atomic E-state index is 12.5. The van der Waals surface area contributed by atoms with Crippen LogP contribution < -0.4 is 15.4 Å². The molecule has 2 fully saturated rings. The number of carbonyl (C=O) groups is 2. The van der Waals surface area contributed by atoms with E-state index in [0.717, 1.165) is 24.2 Å². The molecule has 146 valence electrons. The van der Waals surface area contributed by atoms with Gasteiger partial charge in [-0.2, -0.15) is 0 Å². The molecule has 7 heteroatoms. The number of hydrogen-bond acceptors (Lipinski definition) is 5. The van der Waals surface area contributed by atoms with E-state index in [1.807, 2.05) is 30.3 Å². The Morgan fingerprint density at radius 1 is 1.37 bits per heavy atom. The van der Waals surface area contributed by atoms with Crippen molar-refractivity contribution in [2.75, 3.05) is 27.4 Å². The second-order valence-corrected chi connectivity index (χ2v) is 8.10. The van der Waals surface area contributed by atoms with Gasteiger partial charge in [0.25, 0.3) is 5.91 Å². The van der Waals surface area contributed by atoms with E-state index in [2.05, 4.69) is 10.6 Å². The molecule has 1 aromatic rings. The first-order chi connectivity index (χ1) is 13.1. The van der Waals surface area contributed by atoms with Crippen LogP contribution in [0.5, 0.6) is 5.75 Å². The number of fused-ring (bicyclic) bond motifs is 1. The maximum absolute atomic E-state index is 12.5. The fourth-order valence-corrected chi connectivity index (χ4v) is 4.83. The van der Waals surface area contributed by atoms with Crippen LogP contribution in [0, 0.1) is 5.92 Å². The molecule has 0 spiro atoms. The molecule has 1 aliphatic carbocycles. The van der Waals surface area contributed by atoms with Gasteiger partial charge in [0.05, 0.1) is 18.6 Å². The number of benzene rings is 1. The maximum Gasteiger partial charge on any atom is 0.257 e. The van der Waals surface area contributed by atoms with Gasteiger partial charge in [-0.15, -0.1) is 11.8 Å². The summed E-state index contributed by atoms with van der Waals surface area (Å²) < 4.78 is 10.2. The van der Waals surface area contributed by atoms with E-state index in [-0.39, 0.29) is 23.8 Å². The van der Waals surface area contributed by atoms with E-state index in [4.69, 9.17) is 9.47 Å². The van der Waals surface area contributed by atoms with Crippen LogP contribution in [0.1, 0.15) is 24.8 Å². The molecule has 1 saturated carbocycles. The Bertz CT molecular complexity index is 722. The predicted octanol–water partition coefficient (Wildman–Crippen LogP) is 2.20. The van der Waals surface area contributed by atoms with Crippen molar-refractivity contribution in [3.8, 4) is 5.75 Å². The molecule has 6 nitrogen and oxygen atoms in total. The molecule has 0 bridgehead atoms. The normalized spacial score (nSPS) is 26.2. The zero-order valence-electron chi connectivity index (χ0n) is 15.7. The van der Waals surface area contributed by atoms with E-state index in [1.165, 1.54) is 0 Å². The van der Waals surface area contributed by atoms with E-state index < -0.39 is 0 Å². The van der Waals surface area contributed by atoms with Crippen molar-refractivity contribution in [1.29, 1.82) is 0 Å². The summed E-state index contributed by atoms with van der Waals surface area (Å²) in [5.41, 5.74) is 0.941. The van der Waals surface area contributed by atoms with Gasteiger partial charge in [-0.3, -0.25) is 9.59 Å². The minimum absolute atomic E-state index is 0.0388. The van der Waals surface area contributed by atoms with Gasteiger partial charge in [-0.1, -0.05) is 12.1 Å². The Labute approximate surface area is 164 Å². The van der Waals surface area contributed by atoms with Gasteiger partial charge in [0.1, 0.15) is 5.75 Å². The summed E-state index contributed by atoms with van der Waals surface area (Å²) in [5.74, 6) is 0.711. The zero-order valence-corrected chi connectivity index (χ0v) is 16.5. The molecule has 0 radical (unpaired) electrons. The number of rotatable bonds is 6. The number of nitrogens with one attached hydrogen (secondary N) is 2. The van der Waals surface area contributed by atoms with Crippen LogP contribution in [0.2, 0.25) is 0 Å². The first-order valence-electron chi connectivity index (χ1n) is 9.20. The number of ether oxygens (including phenoxy) is 2. The lowest BCUT2D eigenvalue weighted by molar-refractivity contribution is -0.127. The first kappa shape index (κ1) is 19.8. The molecule has 27 heavy (non-hydrogen) atoms. The van der Waals surface area contributed by atoms with E-state index in [9.17, 15) is 9.59 Å². The molecule has 2 aliphatic rings. The standard InChI is InChI=1S/C20H26N2O4S/c1-25-9-8-21-19(23)14-6-7-17-16(12-14)22-20(24)18(27-17)11-13-4-3-5-15(10-13)26-2/h3-5,10-11,14,16-17H,6-9,12H2,1-2H3,(H,21,23)(H,22,24)/b18-11+.